The first-order chi connectivity index (χ1) is 10.6. The molecule has 0 bridgehead atoms. The summed E-state index contributed by atoms with van der Waals surface area (Å²) in [5.74, 6) is -0.0837. The van der Waals surface area contributed by atoms with Crippen LogP contribution in [0.4, 0.5) is 0 Å². The average molecular weight is 301 g/mol. The number of carbonyl (C=O) groups is 2. The van der Waals surface area contributed by atoms with E-state index in [-0.39, 0.29) is 18.4 Å². The molecule has 6 heteroatoms. The molecule has 116 valence electrons. The van der Waals surface area contributed by atoms with Crippen LogP contribution >= 0.6 is 0 Å². The van der Waals surface area contributed by atoms with Gasteiger partial charge in [0.2, 0.25) is 0 Å². The number of benzene rings is 1. The maximum absolute atomic E-state index is 12.2. The van der Waals surface area contributed by atoms with Crippen LogP contribution in [0.15, 0.2) is 30.5 Å². The number of carbonyl (C=O) groups excluding carboxylic acids is 2. The van der Waals surface area contributed by atoms with E-state index in [1.54, 1.807) is 6.20 Å². The third kappa shape index (κ3) is 3.28. The number of fused-ring (bicyclic) bond motifs is 1. The van der Waals surface area contributed by atoms with Crippen molar-refractivity contribution in [1.29, 1.82) is 0 Å². The van der Waals surface area contributed by atoms with E-state index >= 15 is 0 Å². The minimum atomic E-state index is -0.353. The molecule has 1 aromatic carbocycles. The molecule has 0 saturated heterocycles. The minimum absolute atomic E-state index is 0.0354. The van der Waals surface area contributed by atoms with E-state index in [4.69, 9.17) is 4.74 Å². The fourth-order valence-corrected chi connectivity index (χ4v) is 2.36. The Hall–Kier alpha value is -2.34. The van der Waals surface area contributed by atoms with E-state index in [0.717, 1.165) is 10.9 Å². The van der Waals surface area contributed by atoms with Gasteiger partial charge in [-0.1, -0.05) is 18.2 Å². The number of para-hydroxylation sites is 1. The van der Waals surface area contributed by atoms with Crippen LogP contribution in [0.5, 0.6) is 0 Å². The molecule has 0 atom stereocenters. The van der Waals surface area contributed by atoms with Crippen molar-refractivity contribution in [1.82, 2.24) is 15.4 Å². The summed E-state index contributed by atoms with van der Waals surface area (Å²) >= 11 is 0. The summed E-state index contributed by atoms with van der Waals surface area (Å²) in [7, 11) is 1.88. The predicted molar refractivity (Wildman–Crippen MR) is 82.1 cm³/mol. The molecule has 1 fully saturated rings. The third-order valence-electron chi connectivity index (χ3n) is 3.74. The number of hydrogen-bond donors (Lipinski definition) is 2. The van der Waals surface area contributed by atoms with Gasteiger partial charge in [0.05, 0.1) is 12.2 Å². The Morgan fingerprint density at radius 2 is 2.05 bits per heavy atom. The first-order valence-corrected chi connectivity index (χ1v) is 7.36. The molecule has 1 aromatic heterocycles. The van der Waals surface area contributed by atoms with Crippen LogP contribution in [0.25, 0.3) is 10.9 Å². The number of nitrogens with zero attached hydrogens (tertiary/aromatic N) is 1. The van der Waals surface area contributed by atoms with E-state index in [1.165, 1.54) is 12.8 Å². The zero-order valence-corrected chi connectivity index (χ0v) is 12.5. The summed E-state index contributed by atoms with van der Waals surface area (Å²) in [5, 5.41) is 0.849. The summed E-state index contributed by atoms with van der Waals surface area (Å²) in [6, 6.07) is 7.62. The molecule has 0 unspecified atom stereocenters. The van der Waals surface area contributed by atoms with Crippen molar-refractivity contribution in [3.63, 3.8) is 0 Å². The molecule has 2 aromatic rings. The van der Waals surface area contributed by atoms with Gasteiger partial charge in [0, 0.05) is 24.1 Å². The fraction of sp³-hybridized carbons (Fsp3) is 0.375. The Kier molecular flexibility index (Phi) is 4.11. The average Bonchev–Trinajstić information content (AvgIpc) is 3.28. The van der Waals surface area contributed by atoms with Gasteiger partial charge in [0.15, 0.2) is 0 Å². The Morgan fingerprint density at radius 1 is 1.27 bits per heavy atom. The molecule has 1 saturated carbocycles. The van der Waals surface area contributed by atoms with Gasteiger partial charge >= 0.3 is 0 Å². The van der Waals surface area contributed by atoms with Crippen LogP contribution in [0.1, 0.15) is 23.2 Å². The Balaban J connectivity index is 1.55. The van der Waals surface area contributed by atoms with Crippen LogP contribution in [-0.2, 0) is 16.6 Å². The molecule has 3 rings (SSSR count). The molecule has 2 N–H and O–H groups in total. The standard InChI is InChI=1S/C16H19N3O3/c1-19-8-13(12-4-2-3-5-14(12)19)16(21)18-17-15(20)10-22-9-11-6-7-11/h2-5,8,11H,6-7,9-10H2,1H3,(H,17,20)(H,18,21). The zero-order valence-electron chi connectivity index (χ0n) is 12.5. The normalized spacial score (nSPS) is 14.0. The molecule has 1 aliphatic carbocycles. The molecule has 0 radical (unpaired) electrons. The maximum atomic E-state index is 12.2. The molecule has 1 aliphatic rings. The number of ether oxygens (including phenoxy) is 1. The SMILES string of the molecule is Cn1cc(C(=O)NNC(=O)COCC2CC2)c2ccccc21. The highest BCUT2D eigenvalue weighted by Crippen LogP contribution is 2.28. The number of rotatable bonds is 5. The Labute approximate surface area is 128 Å². The number of aryl methyl sites for hydroxylation is 1. The van der Waals surface area contributed by atoms with Crippen molar-refractivity contribution in [3.05, 3.63) is 36.0 Å². The number of amides is 2. The molecule has 22 heavy (non-hydrogen) atoms. The highest BCUT2D eigenvalue weighted by molar-refractivity contribution is 6.07. The van der Waals surface area contributed by atoms with Gasteiger partial charge in [-0.05, 0) is 24.8 Å². The van der Waals surface area contributed by atoms with Crippen LogP contribution in [0.3, 0.4) is 0 Å². The van der Waals surface area contributed by atoms with Crippen molar-refractivity contribution in [2.24, 2.45) is 13.0 Å². The van der Waals surface area contributed by atoms with Crippen molar-refractivity contribution >= 4 is 22.7 Å². The summed E-state index contributed by atoms with van der Waals surface area (Å²) in [4.78, 5) is 23.8. The summed E-state index contributed by atoms with van der Waals surface area (Å²) in [5.41, 5.74) is 6.29. The van der Waals surface area contributed by atoms with Crippen molar-refractivity contribution in [2.45, 2.75) is 12.8 Å². The van der Waals surface area contributed by atoms with Crippen LogP contribution in [0.2, 0.25) is 0 Å². The van der Waals surface area contributed by atoms with Gasteiger partial charge in [-0.15, -0.1) is 0 Å². The van der Waals surface area contributed by atoms with Crippen molar-refractivity contribution in [3.8, 4) is 0 Å². The summed E-state index contributed by atoms with van der Waals surface area (Å²) in [6.07, 6.45) is 4.11. The van der Waals surface area contributed by atoms with E-state index in [1.807, 2.05) is 35.9 Å². The smallest absolute Gasteiger partial charge is 0.271 e. The second kappa shape index (κ2) is 6.19. The lowest BCUT2D eigenvalue weighted by Crippen LogP contribution is -2.43. The highest BCUT2D eigenvalue weighted by atomic mass is 16.5. The van der Waals surface area contributed by atoms with Crippen molar-refractivity contribution < 1.29 is 14.3 Å². The fourth-order valence-electron chi connectivity index (χ4n) is 2.36. The molecular formula is C16H19N3O3. The topological polar surface area (TPSA) is 72.4 Å². The van der Waals surface area contributed by atoms with E-state index in [0.29, 0.717) is 18.1 Å². The zero-order chi connectivity index (χ0) is 15.5. The quantitative estimate of drug-likeness (QED) is 0.819. The van der Waals surface area contributed by atoms with Gasteiger partial charge in [0.25, 0.3) is 11.8 Å². The lowest BCUT2D eigenvalue weighted by molar-refractivity contribution is -0.126. The second-order valence-electron chi connectivity index (χ2n) is 5.63. The van der Waals surface area contributed by atoms with E-state index in [9.17, 15) is 9.59 Å². The monoisotopic (exact) mass is 301 g/mol. The van der Waals surface area contributed by atoms with Gasteiger partial charge in [-0.2, -0.15) is 0 Å². The first kappa shape index (κ1) is 14.6. The molecule has 0 spiro atoms. The number of nitrogens with one attached hydrogen (secondary N) is 2. The molecular weight excluding hydrogens is 282 g/mol. The van der Waals surface area contributed by atoms with Crippen molar-refractivity contribution in [2.75, 3.05) is 13.2 Å². The maximum Gasteiger partial charge on any atom is 0.271 e. The summed E-state index contributed by atoms with van der Waals surface area (Å²) in [6.45, 7) is 0.580. The first-order valence-electron chi connectivity index (χ1n) is 7.36. The van der Waals surface area contributed by atoms with Crippen LogP contribution in [-0.4, -0.2) is 29.6 Å². The Bertz CT molecular complexity index is 704. The number of aromatic nitrogens is 1. The van der Waals surface area contributed by atoms with Gasteiger partial charge in [-0.25, -0.2) is 0 Å². The highest BCUT2D eigenvalue weighted by Gasteiger charge is 2.21. The van der Waals surface area contributed by atoms with Gasteiger partial charge < -0.3 is 9.30 Å². The van der Waals surface area contributed by atoms with Gasteiger partial charge in [-0.3, -0.25) is 20.4 Å². The molecule has 2 amide bonds. The van der Waals surface area contributed by atoms with Crippen LogP contribution < -0.4 is 10.9 Å². The predicted octanol–water partition coefficient (Wildman–Crippen LogP) is 1.37. The summed E-state index contributed by atoms with van der Waals surface area (Å²) < 4.78 is 7.14. The Morgan fingerprint density at radius 3 is 2.82 bits per heavy atom. The third-order valence-corrected chi connectivity index (χ3v) is 3.74. The number of hydrazine groups is 1. The molecule has 0 aliphatic heterocycles. The van der Waals surface area contributed by atoms with E-state index in [2.05, 4.69) is 10.9 Å². The second-order valence-corrected chi connectivity index (χ2v) is 5.63. The lowest BCUT2D eigenvalue weighted by atomic mass is 10.2. The molecule has 6 nitrogen and oxygen atoms in total. The molecule has 1 heterocycles. The van der Waals surface area contributed by atoms with Gasteiger partial charge in [0.1, 0.15) is 6.61 Å². The van der Waals surface area contributed by atoms with E-state index < -0.39 is 0 Å². The van der Waals surface area contributed by atoms with Crippen LogP contribution in [0, 0.1) is 5.92 Å². The lowest BCUT2D eigenvalue weighted by Gasteiger charge is -2.07. The largest absolute Gasteiger partial charge is 0.371 e. The number of hydrogen-bond acceptors (Lipinski definition) is 3. The minimum Gasteiger partial charge on any atom is -0.371 e.